The Morgan fingerprint density at radius 3 is 2.24 bits per heavy atom. The molecule has 1 spiro atoms. The average molecular weight is 517 g/mol. The highest BCUT2D eigenvalue weighted by atomic mass is 16.2. The van der Waals surface area contributed by atoms with Crippen LogP contribution in [0.25, 0.3) is 0 Å². The topological polar surface area (TPSA) is 98.8 Å². The minimum atomic E-state index is -0.916. The number of amides is 5. The molecule has 1 saturated heterocycles. The van der Waals surface area contributed by atoms with Crippen molar-refractivity contribution in [2.24, 2.45) is 16.7 Å². The molecule has 5 amide bonds. The van der Waals surface area contributed by atoms with Crippen LogP contribution in [0.4, 0.5) is 10.5 Å². The van der Waals surface area contributed by atoms with E-state index >= 15 is 0 Å². The van der Waals surface area contributed by atoms with Gasteiger partial charge in [-0.2, -0.15) is 0 Å². The standard InChI is InChI=1S/C30H36N4O4/c1-18(19-10-8-7-9-11-19)34(25(36)24-28(2,3)29(24,4)5)17-23(35)31-22-13-12-20-15-30(16-21(20)14-22)26(37)32-27(38)33(30)6/h7-14,18,24H,15-17H2,1-6H3,(H,31,35)(H,32,37,38)/t18-,30+/m1/s1. The lowest BCUT2D eigenvalue weighted by atomic mass is 9.95. The van der Waals surface area contributed by atoms with Crippen LogP contribution in [0.15, 0.2) is 48.5 Å². The minimum Gasteiger partial charge on any atom is -0.326 e. The molecule has 2 aliphatic carbocycles. The van der Waals surface area contributed by atoms with Crippen LogP contribution in [0.1, 0.15) is 57.4 Å². The van der Waals surface area contributed by atoms with Gasteiger partial charge in [-0.1, -0.05) is 64.1 Å². The van der Waals surface area contributed by atoms with Gasteiger partial charge in [-0.25, -0.2) is 4.79 Å². The molecule has 0 bridgehead atoms. The van der Waals surface area contributed by atoms with Crippen molar-refractivity contribution in [3.05, 3.63) is 65.2 Å². The van der Waals surface area contributed by atoms with Gasteiger partial charge in [0.15, 0.2) is 0 Å². The Morgan fingerprint density at radius 2 is 1.66 bits per heavy atom. The van der Waals surface area contributed by atoms with Crippen molar-refractivity contribution < 1.29 is 19.2 Å². The van der Waals surface area contributed by atoms with Gasteiger partial charge in [-0.05, 0) is 46.6 Å². The number of anilines is 1. The zero-order valence-corrected chi connectivity index (χ0v) is 22.9. The molecule has 8 heteroatoms. The Morgan fingerprint density at radius 1 is 1.03 bits per heavy atom. The number of urea groups is 1. The Kier molecular flexibility index (Phi) is 5.93. The third kappa shape index (κ3) is 3.89. The normalized spacial score (nSPS) is 23.7. The molecule has 0 aromatic heterocycles. The second-order valence-corrected chi connectivity index (χ2v) is 12.2. The predicted octanol–water partition coefficient (Wildman–Crippen LogP) is 3.92. The van der Waals surface area contributed by atoms with Gasteiger partial charge in [0.25, 0.3) is 5.91 Å². The highest BCUT2D eigenvalue weighted by molar-refractivity contribution is 6.07. The van der Waals surface area contributed by atoms with E-state index in [-0.39, 0.29) is 47.1 Å². The molecule has 1 heterocycles. The zero-order chi connectivity index (χ0) is 27.6. The van der Waals surface area contributed by atoms with Gasteiger partial charge in [-0.15, -0.1) is 0 Å². The van der Waals surface area contributed by atoms with E-state index in [0.29, 0.717) is 18.5 Å². The first-order valence-corrected chi connectivity index (χ1v) is 13.2. The molecule has 200 valence electrons. The summed E-state index contributed by atoms with van der Waals surface area (Å²) in [7, 11) is 1.64. The number of hydrogen-bond donors (Lipinski definition) is 2. The Labute approximate surface area is 223 Å². The molecule has 1 saturated carbocycles. The Bertz CT molecular complexity index is 1320. The van der Waals surface area contributed by atoms with Crippen LogP contribution in [0.5, 0.6) is 0 Å². The Hall–Kier alpha value is -3.68. The first-order chi connectivity index (χ1) is 17.8. The van der Waals surface area contributed by atoms with Crippen LogP contribution in [0.3, 0.4) is 0 Å². The van der Waals surface area contributed by atoms with E-state index in [1.165, 1.54) is 4.90 Å². The maximum absolute atomic E-state index is 13.8. The second kappa shape index (κ2) is 8.68. The van der Waals surface area contributed by atoms with Crippen LogP contribution < -0.4 is 10.6 Å². The molecule has 0 unspecified atom stereocenters. The molecule has 5 rings (SSSR count). The van der Waals surface area contributed by atoms with Gasteiger partial charge in [0, 0.05) is 31.5 Å². The number of hydrogen-bond acceptors (Lipinski definition) is 4. The van der Waals surface area contributed by atoms with Crippen LogP contribution in [-0.2, 0) is 27.2 Å². The minimum absolute atomic E-state index is 0.0117. The largest absolute Gasteiger partial charge is 0.326 e. The SMILES string of the molecule is C[C@H](c1ccccc1)N(CC(=O)Nc1ccc2c(c1)C[C@@]1(C2)C(=O)NC(=O)N1C)C(=O)C1C(C)(C)C1(C)C. The van der Waals surface area contributed by atoms with Gasteiger partial charge in [0.05, 0.1) is 6.04 Å². The van der Waals surface area contributed by atoms with Gasteiger partial charge in [0.1, 0.15) is 12.1 Å². The summed E-state index contributed by atoms with van der Waals surface area (Å²) >= 11 is 0. The van der Waals surface area contributed by atoms with Crippen molar-refractivity contribution in [1.82, 2.24) is 15.1 Å². The van der Waals surface area contributed by atoms with E-state index in [0.717, 1.165) is 16.7 Å². The molecule has 1 aliphatic heterocycles. The van der Waals surface area contributed by atoms with Gasteiger partial charge in [0.2, 0.25) is 11.8 Å². The summed E-state index contributed by atoms with van der Waals surface area (Å²) in [5, 5.41) is 5.36. The maximum atomic E-state index is 13.8. The number of nitrogens with one attached hydrogen (secondary N) is 2. The van der Waals surface area contributed by atoms with Crippen molar-refractivity contribution in [2.75, 3.05) is 18.9 Å². The number of nitrogens with zero attached hydrogens (tertiary/aromatic N) is 2. The number of carbonyl (C=O) groups is 4. The van der Waals surface area contributed by atoms with E-state index in [4.69, 9.17) is 0 Å². The van der Waals surface area contributed by atoms with Crippen molar-refractivity contribution in [2.45, 2.75) is 59.0 Å². The highest BCUT2D eigenvalue weighted by Crippen LogP contribution is 2.69. The van der Waals surface area contributed by atoms with Crippen molar-refractivity contribution in [3.8, 4) is 0 Å². The maximum Gasteiger partial charge on any atom is 0.324 e. The van der Waals surface area contributed by atoms with E-state index in [9.17, 15) is 19.2 Å². The number of fused-ring (bicyclic) bond motifs is 1. The molecular weight excluding hydrogens is 480 g/mol. The molecule has 2 aromatic rings. The first-order valence-electron chi connectivity index (χ1n) is 13.2. The van der Waals surface area contributed by atoms with Gasteiger partial charge >= 0.3 is 6.03 Å². The van der Waals surface area contributed by atoms with Gasteiger partial charge < -0.3 is 15.1 Å². The molecule has 2 atom stereocenters. The summed E-state index contributed by atoms with van der Waals surface area (Å²) in [5.41, 5.74) is 2.27. The molecule has 2 N–H and O–H groups in total. The lowest BCUT2D eigenvalue weighted by molar-refractivity contribution is -0.139. The van der Waals surface area contributed by atoms with E-state index in [1.54, 1.807) is 11.9 Å². The fourth-order valence-corrected chi connectivity index (χ4v) is 6.43. The third-order valence-electron chi connectivity index (χ3n) is 9.66. The molecule has 0 radical (unpaired) electrons. The van der Waals surface area contributed by atoms with Crippen molar-refractivity contribution in [3.63, 3.8) is 0 Å². The summed E-state index contributed by atoms with van der Waals surface area (Å²) in [6.45, 7) is 10.3. The van der Waals surface area contributed by atoms with Crippen LogP contribution in [0, 0.1) is 16.7 Å². The smallest absolute Gasteiger partial charge is 0.324 e. The molecule has 2 aromatic carbocycles. The summed E-state index contributed by atoms with van der Waals surface area (Å²) in [6, 6.07) is 14.7. The van der Waals surface area contributed by atoms with Crippen molar-refractivity contribution in [1.29, 1.82) is 0 Å². The Balaban J connectivity index is 1.34. The number of benzene rings is 2. The molecule has 3 aliphatic rings. The summed E-state index contributed by atoms with van der Waals surface area (Å²) < 4.78 is 0. The highest BCUT2D eigenvalue weighted by Gasteiger charge is 2.69. The molecule has 2 fully saturated rings. The number of carbonyl (C=O) groups excluding carboxylic acids is 4. The van der Waals surface area contributed by atoms with E-state index in [2.05, 4.69) is 38.3 Å². The fourth-order valence-electron chi connectivity index (χ4n) is 6.43. The quantitative estimate of drug-likeness (QED) is 0.569. The zero-order valence-electron chi connectivity index (χ0n) is 22.9. The van der Waals surface area contributed by atoms with Crippen LogP contribution in [0.2, 0.25) is 0 Å². The summed E-state index contributed by atoms with van der Waals surface area (Å²) in [5.74, 6) is -0.748. The lowest BCUT2D eigenvalue weighted by Gasteiger charge is -2.30. The molecule has 38 heavy (non-hydrogen) atoms. The molecular formula is C30H36N4O4. The van der Waals surface area contributed by atoms with Gasteiger partial charge in [-0.3, -0.25) is 19.7 Å². The predicted molar refractivity (Wildman–Crippen MR) is 144 cm³/mol. The summed E-state index contributed by atoms with van der Waals surface area (Å²) in [6.07, 6.45) is 0.829. The number of rotatable bonds is 6. The van der Waals surface area contributed by atoms with Crippen LogP contribution in [-0.4, -0.2) is 52.7 Å². The van der Waals surface area contributed by atoms with Crippen molar-refractivity contribution >= 4 is 29.4 Å². The number of imide groups is 1. The monoisotopic (exact) mass is 516 g/mol. The number of likely N-dealkylation sites (N-methyl/N-ethyl adjacent to an activating group) is 1. The lowest BCUT2D eigenvalue weighted by Crippen LogP contribution is -2.48. The fraction of sp³-hybridized carbons (Fsp3) is 0.467. The molecule has 8 nitrogen and oxygen atoms in total. The third-order valence-corrected chi connectivity index (χ3v) is 9.66. The van der Waals surface area contributed by atoms with E-state index < -0.39 is 11.6 Å². The van der Waals surface area contributed by atoms with Crippen LogP contribution >= 0.6 is 0 Å². The summed E-state index contributed by atoms with van der Waals surface area (Å²) in [4.78, 5) is 54.9. The first kappa shape index (κ1) is 25.9. The second-order valence-electron chi connectivity index (χ2n) is 12.2. The van der Waals surface area contributed by atoms with E-state index in [1.807, 2.05) is 55.5 Å². The average Bonchev–Trinajstić information content (AvgIpc) is 3.12.